The molecule has 0 atom stereocenters. The fourth-order valence-electron chi connectivity index (χ4n) is 0.791. The van der Waals surface area contributed by atoms with E-state index in [0.29, 0.717) is 5.56 Å². The molecule has 0 radical (unpaired) electrons. The summed E-state index contributed by atoms with van der Waals surface area (Å²) in [5.41, 5.74) is 0.558. The highest BCUT2D eigenvalue weighted by Crippen LogP contribution is 2.13. The molecule has 1 rings (SSSR count). The number of rotatable bonds is 2. The van der Waals surface area contributed by atoms with E-state index in [4.69, 9.17) is 15.8 Å². The van der Waals surface area contributed by atoms with Gasteiger partial charge in [-0.25, -0.2) is 8.42 Å². The molecule has 0 aliphatic rings. The van der Waals surface area contributed by atoms with Gasteiger partial charge in [0.1, 0.15) is 5.75 Å². The summed E-state index contributed by atoms with van der Waals surface area (Å²) in [6, 6.07) is 5.85. The Labute approximate surface area is 75.0 Å². The summed E-state index contributed by atoms with van der Waals surface area (Å²) in [5, 5.41) is 8.87. The second-order valence-corrected chi connectivity index (χ2v) is 5.13. The molecule has 0 unspecified atom stereocenters. The van der Waals surface area contributed by atoms with Crippen molar-refractivity contribution in [2.24, 2.45) is 0 Å². The zero-order chi connectivity index (χ0) is 9.19. The van der Waals surface area contributed by atoms with Crippen LogP contribution in [0.25, 0.3) is 0 Å². The van der Waals surface area contributed by atoms with E-state index in [1.54, 1.807) is 0 Å². The fraction of sp³-hybridized carbons (Fsp3) is 0.143. The molecule has 5 heteroatoms. The van der Waals surface area contributed by atoms with E-state index in [0.717, 1.165) is 0 Å². The number of hydrogen-bond donors (Lipinski definition) is 1. The van der Waals surface area contributed by atoms with Crippen LogP contribution in [0.15, 0.2) is 24.3 Å². The van der Waals surface area contributed by atoms with Crippen LogP contribution in [0, 0.1) is 0 Å². The van der Waals surface area contributed by atoms with Gasteiger partial charge >= 0.3 is 0 Å². The Balaban J connectivity index is 2.85. The molecule has 0 spiro atoms. The van der Waals surface area contributed by atoms with Crippen molar-refractivity contribution in [2.45, 2.75) is 5.75 Å². The van der Waals surface area contributed by atoms with E-state index in [9.17, 15) is 8.42 Å². The minimum atomic E-state index is -3.50. The maximum Gasteiger partial charge on any atom is 0.236 e. The summed E-state index contributed by atoms with van der Waals surface area (Å²) in [5.74, 6) is -0.111. The Hall–Kier alpha value is -0.740. The van der Waals surface area contributed by atoms with Gasteiger partial charge in [-0.05, 0) is 17.7 Å². The van der Waals surface area contributed by atoms with E-state index in [1.165, 1.54) is 24.3 Å². The number of halogens is 1. The van der Waals surface area contributed by atoms with Gasteiger partial charge in [0, 0.05) is 10.7 Å². The number of aromatic hydroxyl groups is 1. The van der Waals surface area contributed by atoms with Gasteiger partial charge in [-0.1, -0.05) is 12.1 Å². The van der Waals surface area contributed by atoms with Gasteiger partial charge in [0.15, 0.2) is 0 Å². The first-order chi connectivity index (χ1) is 5.47. The van der Waals surface area contributed by atoms with Gasteiger partial charge in [-0.2, -0.15) is 0 Å². The average molecular weight is 207 g/mol. The normalized spacial score (nSPS) is 11.4. The van der Waals surface area contributed by atoms with Crippen LogP contribution in [0.4, 0.5) is 0 Å². The zero-order valence-electron chi connectivity index (χ0n) is 6.07. The standard InChI is InChI=1S/C7H7ClO3S/c8-12(10,11)5-6-1-3-7(9)4-2-6/h1-4,9H,5H2. The fourth-order valence-corrected chi connectivity index (χ4v) is 1.76. The van der Waals surface area contributed by atoms with Crippen molar-refractivity contribution >= 4 is 19.7 Å². The van der Waals surface area contributed by atoms with Crippen molar-refractivity contribution in [2.75, 3.05) is 0 Å². The molecule has 3 nitrogen and oxygen atoms in total. The van der Waals surface area contributed by atoms with Crippen molar-refractivity contribution in [1.82, 2.24) is 0 Å². The molecule has 0 aliphatic heterocycles. The first-order valence-electron chi connectivity index (χ1n) is 3.17. The number of benzene rings is 1. The molecule has 1 aromatic carbocycles. The monoisotopic (exact) mass is 206 g/mol. The molecule has 66 valence electrons. The van der Waals surface area contributed by atoms with Gasteiger partial charge in [-0.15, -0.1) is 0 Å². The minimum Gasteiger partial charge on any atom is -0.508 e. The summed E-state index contributed by atoms with van der Waals surface area (Å²) >= 11 is 0. The third kappa shape index (κ3) is 3.11. The lowest BCUT2D eigenvalue weighted by atomic mass is 10.2. The van der Waals surface area contributed by atoms with E-state index in [1.807, 2.05) is 0 Å². The Kier molecular flexibility index (Phi) is 2.59. The van der Waals surface area contributed by atoms with Crippen LogP contribution in [0.2, 0.25) is 0 Å². The first kappa shape index (κ1) is 9.35. The molecule has 0 amide bonds. The molecule has 0 bridgehead atoms. The third-order valence-corrected chi connectivity index (χ3v) is 2.28. The molecule has 1 aromatic rings. The molecule has 0 fully saturated rings. The van der Waals surface area contributed by atoms with E-state index >= 15 is 0 Å². The van der Waals surface area contributed by atoms with Crippen molar-refractivity contribution in [3.05, 3.63) is 29.8 Å². The van der Waals surface area contributed by atoms with Crippen molar-refractivity contribution in [1.29, 1.82) is 0 Å². The second kappa shape index (κ2) is 3.33. The molecule has 12 heavy (non-hydrogen) atoms. The van der Waals surface area contributed by atoms with E-state index < -0.39 is 9.05 Å². The summed E-state index contributed by atoms with van der Waals surface area (Å²) in [6.45, 7) is 0. The van der Waals surface area contributed by atoms with Crippen LogP contribution in [0.3, 0.4) is 0 Å². The Morgan fingerprint density at radius 1 is 1.25 bits per heavy atom. The van der Waals surface area contributed by atoms with Crippen molar-refractivity contribution in [3.8, 4) is 5.75 Å². The molecule has 0 saturated heterocycles. The highest BCUT2D eigenvalue weighted by Gasteiger charge is 2.05. The molecule has 0 saturated carbocycles. The lowest BCUT2D eigenvalue weighted by Gasteiger charge is -1.96. The molecule has 0 aliphatic carbocycles. The molecular formula is C7H7ClO3S. The summed E-state index contributed by atoms with van der Waals surface area (Å²) in [6.07, 6.45) is 0. The van der Waals surface area contributed by atoms with Crippen LogP contribution in [-0.2, 0) is 14.8 Å². The van der Waals surface area contributed by atoms with Gasteiger partial charge < -0.3 is 5.11 Å². The van der Waals surface area contributed by atoms with E-state index in [-0.39, 0.29) is 11.5 Å². The SMILES string of the molecule is O=S(=O)(Cl)Cc1ccc(O)cc1. The Morgan fingerprint density at radius 3 is 2.17 bits per heavy atom. The van der Waals surface area contributed by atoms with Gasteiger partial charge in [0.05, 0.1) is 5.75 Å². The minimum absolute atomic E-state index is 0.103. The average Bonchev–Trinajstić information content (AvgIpc) is 1.91. The topological polar surface area (TPSA) is 54.4 Å². The summed E-state index contributed by atoms with van der Waals surface area (Å²) < 4.78 is 21.2. The molecule has 0 heterocycles. The molecule has 0 aromatic heterocycles. The highest BCUT2D eigenvalue weighted by atomic mass is 35.7. The van der Waals surface area contributed by atoms with Crippen LogP contribution in [0.1, 0.15) is 5.56 Å². The van der Waals surface area contributed by atoms with Crippen LogP contribution >= 0.6 is 10.7 Å². The molecular weight excluding hydrogens is 200 g/mol. The highest BCUT2D eigenvalue weighted by molar-refractivity contribution is 8.13. The van der Waals surface area contributed by atoms with Gasteiger partial charge in [0.25, 0.3) is 0 Å². The Bertz CT molecular complexity index is 355. The van der Waals surface area contributed by atoms with Crippen molar-refractivity contribution in [3.63, 3.8) is 0 Å². The smallest absolute Gasteiger partial charge is 0.236 e. The van der Waals surface area contributed by atoms with Crippen LogP contribution < -0.4 is 0 Å². The van der Waals surface area contributed by atoms with Gasteiger partial charge in [0.2, 0.25) is 9.05 Å². The number of phenols is 1. The van der Waals surface area contributed by atoms with Gasteiger partial charge in [-0.3, -0.25) is 0 Å². The first-order valence-corrected chi connectivity index (χ1v) is 5.65. The number of phenolic OH excluding ortho intramolecular Hbond substituents is 1. The predicted molar refractivity (Wildman–Crippen MR) is 46.6 cm³/mol. The maximum atomic E-state index is 10.6. The zero-order valence-corrected chi connectivity index (χ0v) is 7.64. The number of hydrogen-bond acceptors (Lipinski definition) is 3. The van der Waals surface area contributed by atoms with Crippen LogP contribution in [0.5, 0.6) is 5.75 Å². The lowest BCUT2D eigenvalue weighted by molar-refractivity contribution is 0.475. The molecule has 1 N–H and O–H groups in total. The predicted octanol–water partition coefficient (Wildman–Crippen LogP) is 1.46. The van der Waals surface area contributed by atoms with Crippen molar-refractivity contribution < 1.29 is 13.5 Å². The lowest BCUT2D eigenvalue weighted by Crippen LogP contribution is -1.93. The summed E-state index contributed by atoms with van der Waals surface area (Å²) in [7, 11) is 1.52. The third-order valence-electron chi connectivity index (χ3n) is 1.28. The quantitative estimate of drug-likeness (QED) is 0.746. The summed E-state index contributed by atoms with van der Waals surface area (Å²) in [4.78, 5) is 0. The second-order valence-electron chi connectivity index (χ2n) is 2.35. The Morgan fingerprint density at radius 2 is 1.75 bits per heavy atom. The van der Waals surface area contributed by atoms with Crippen LogP contribution in [-0.4, -0.2) is 13.5 Å². The largest absolute Gasteiger partial charge is 0.508 e. The van der Waals surface area contributed by atoms with E-state index in [2.05, 4.69) is 0 Å². The maximum absolute atomic E-state index is 10.6.